The normalized spacial score (nSPS) is 19.7. The molecule has 1 aliphatic heterocycles. The highest BCUT2D eigenvalue weighted by Gasteiger charge is 2.38. The van der Waals surface area contributed by atoms with Crippen LogP contribution in [-0.4, -0.2) is 33.2 Å². The monoisotopic (exact) mass is 499 g/mol. The molecule has 2 aromatic carbocycles. The Kier molecular flexibility index (Phi) is 7.45. The number of hydrogen-bond acceptors (Lipinski definition) is 4. The molecule has 3 aromatic rings. The van der Waals surface area contributed by atoms with Crippen molar-refractivity contribution in [2.45, 2.75) is 71.6 Å². The summed E-state index contributed by atoms with van der Waals surface area (Å²) in [4.78, 5) is 33.6. The number of hydrogen-bond donors (Lipinski definition) is 0. The van der Waals surface area contributed by atoms with Crippen LogP contribution in [0.4, 0.5) is 4.79 Å². The molecule has 6 heteroatoms. The fourth-order valence-corrected chi connectivity index (χ4v) is 6.11. The predicted molar refractivity (Wildman–Crippen MR) is 145 cm³/mol. The van der Waals surface area contributed by atoms with Gasteiger partial charge in [0.1, 0.15) is 11.9 Å². The average Bonchev–Trinajstić information content (AvgIpc) is 2.90. The lowest BCUT2D eigenvalue weighted by Crippen LogP contribution is -2.45. The molecule has 1 fully saturated rings. The Labute approximate surface area is 219 Å². The number of carbonyl (C=O) groups excluding carboxylic acids is 1. The van der Waals surface area contributed by atoms with Gasteiger partial charge in [-0.3, -0.25) is 9.36 Å². The van der Waals surface area contributed by atoms with Gasteiger partial charge in [-0.05, 0) is 55.6 Å². The van der Waals surface area contributed by atoms with Crippen molar-refractivity contribution in [1.29, 1.82) is 0 Å². The van der Waals surface area contributed by atoms with Crippen LogP contribution >= 0.6 is 0 Å². The largest absolute Gasteiger partial charge is 0.446 e. The Morgan fingerprint density at radius 3 is 2.22 bits per heavy atom. The summed E-state index contributed by atoms with van der Waals surface area (Å²) in [5.41, 5.74) is 3.43. The van der Waals surface area contributed by atoms with Crippen molar-refractivity contribution in [2.24, 2.45) is 11.8 Å². The molecule has 6 nitrogen and oxygen atoms in total. The van der Waals surface area contributed by atoms with Crippen LogP contribution in [0, 0.1) is 18.8 Å². The lowest BCUT2D eigenvalue weighted by atomic mass is 9.69. The number of aryl methyl sites for hydroxylation is 1. The molecular formula is C31H37N3O3. The first-order valence-corrected chi connectivity index (χ1v) is 13.7. The van der Waals surface area contributed by atoms with Crippen molar-refractivity contribution >= 4 is 6.09 Å². The van der Waals surface area contributed by atoms with Crippen LogP contribution in [0.15, 0.2) is 65.5 Å². The summed E-state index contributed by atoms with van der Waals surface area (Å²) >= 11 is 0. The zero-order valence-electron chi connectivity index (χ0n) is 22.1. The molecule has 2 heterocycles. The first kappa shape index (κ1) is 25.2. The van der Waals surface area contributed by atoms with Gasteiger partial charge in [-0.25, -0.2) is 9.78 Å². The molecular weight excluding hydrogens is 462 g/mol. The van der Waals surface area contributed by atoms with Crippen LogP contribution in [0.25, 0.3) is 0 Å². The Morgan fingerprint density at radius 1 is 1.03 bits per heavy atom. The summed E-state index contributed by atoms with van der Waals surface area (Å²) < 4.78 is 7.82. The number of ether oxygens (including phenoxy) is 1. The standard InChI is InChI=1S/C31H37N3O3/c1-4-22-16-17-25(22)28(5-2)37-31(36)33-19-18-26-27(20-33)32-21(3)34(30(26)35)29(23-12-8-6-9-13-23)24-14-10-7-11-15-24/h6-15,22,25,28-29H,4-5,16-20H2,1-3H3. The number of benzene rings is 2. The minimum atomic E-state index is -0.283. The zero-order valence-corrected chi connectivity index (χ0v) is 22.1. The maximum atomic E-state index is 13.9. The van der Waals surface area contributed by atoms with Gasteiger partial charge in [0.25, 0.3) is 5.56 Å². The molecule has 5 rings (SSSR count). The summed E-state index contributed by atoms with van der Waals surface area (Å²) in [5.74, 6) is 1.77. The summed E-state index contributed by atoms with van der Waals surface area (Å²) in [6.07, 6.45) is 4.50. The highest BCUT2D eigenvalue weighted by molar-refractivity contribution is 5.68. The van der Waals surface area contributed by atoms with Gasteiger partial charge >= 0.3 is 6.09 Å². The molecule has 0 bridgehead atoms. The zero-order chi connectivity index (χ0) is 25.9. The number of nitrogens with zero attached hydrogens (tertiary/aromatic N) is 3. The van der Waals surface area contributed by atoms with Crippen molar-refractivity contribution in [2.75, 3.05) is 6.54 Å². The Hall–Kier alpha value is -3.41. The van der Waals surface area contributed by atoms with Crippen LogP contribution < -0.4 is 5.56 Å². The molecule has 0 radical (unpaired) electrons. The lowest BCUT2D eigenvalue weighted by Gasteiger charge is -2.41. The highest BCUT2D eigenvalue weighted by atomic mass is 16.6. The predicted octanol–water partition coefficient (Wildman–Crippen LogP) is 5.90. The highest BCUT2D eigenvalue weighted by Crippen LogP contribution is 2.41. The van der Waals surface area contributed by atoms with Crippen molar-refractivity contribution < 1.29 is 9.53 Å². The number of aromatic nitrogens is 2. The third kappa shape index (κ3) is 4.94. The second-order valence-corrected chi connectivity index (χ2v) is 10.4. The molecule has 1 amide bonds. The quantitative estimate of drug-likeness (QED) is 0.406. The van der Waals surface area contributed by atoms with Gasteiger partial charge in [-0.2, -0.15) is 0 Å². The molecule has 3 unspecified atom stereocenters. The summed E-state index contributed by atoms with van der Waals surface area (Å²) in [6, 6.07) is 19.9. The molecule has 194 valence electrons. The first-order valence-electron chi connectivity index (χ1n) is 13.7. The second-order valence-electron chi connectivity index (χ2n) is 10.4. The average molecular weight is 500 g/mol. The van der Waals surface area contributed by atoms with Gasteiger partial charge in [0.05, 0.1) is 18.3 Å². The molecule has 37 heavy (non-hydrogen) atoms. The molecule has 2 aliphatic rings. The van der Waals surface area contributed by atoms with E-state index in [9.17, 15) is 9.59 Å². The molecule has 0 spiro atoms. The molecule has 1 aliphatic carbocycles. The van der Waals surface area contributed by atoms with E-state index in [2.05, 4.69) is 38.1 Å². The minimum absolute atomic E-state index is 0.0279. The van der Waals surface area contributed by atoms with E-state index >= 15 is 0 Å². The third-order valence-electron chi connectivity index (χ3n) is 8.32. The van der Waals surface area contributed by atoms with E-state index in [1.807, 2.05) is 47.9 Å². The first-order chi connectivity index (χ1) is 18.0. The molecule has 0 saturated heterocycles. The van der Waals surface area contributed by atoms with Crippen LogP contribution in [0.5, 0.6) is 0 Å². The Balaban J connectivity index is 1.42. The summed E-state index contributed by atoms with van der Waals surface area (Å²) in [6.45, 7) is 6.97. The van der Waals surface area contributed by atoms with Crippen LogP contribution in [0.2, 0.25) is 0 Å². The number of amides is 1. The van der Waals surface area contributed by atoms with E-state index in [0.717, 1.165) is 30.4 Å². The smallest absolute Gasteiger partial charge is 0.410 e. The maximum absolute atomic E-state index is 13.9. The number of fused-ring (bicyclic) bond motifs is 1. The molecule has 0 N–H and O–H groups in total. The van der Waals surface area contributed by atoms with E-state index in [4.69, 9.17) is 9.72 Å². The number of carbonyl (C=O) groups is 1. The van der Waals surface area contributed by atoms with Crippen LogP contribution in [0.3, 0.4) is 0 Å². The lowest BCUT2D eigenvalue weighted by molar-refractivity contribution is -0.0214. The fourth-order valence-electron chi connectivity index (χ4n) is 6.11. The van der Waals surface area contributed by atoms with Gasteiger partial charge < -0.3 is 9.64 Å². The summed E-state index contributed by atoms with van der Waals surface area (Å²) in [5, 5.41) is 0. The van der Waals surface area contributed by atoms with Crippen LogP contribution in [-0.2, 0) is 17.7 Å². The Bertz CT molecular complexity index is 1250. The SMILES string of the molecule is CCC1CCC1C(CC)OC(=O)N1CCc2c(nc(C)n(C(c3ccccc3)c3ccccc3)c2=O)C1. The second kappa shape index (κ2) is 10.9. The van der Waals surface area contributed by atoms with Crippen molar-refractivity contribution in [1.82, 2.24) is 14.5 Å². The van der Waals surface area contributed by atoms with Crippen LogP contribution in [0.1, 0.15) is 73.8 Å². The third-order valence-corrected chi connectivity index (χ3v) is 8.32. The van der Waals surface area contributed by atoms with Gasteiger partial charge in [0.2, 0.25) is 0 Å². The minimum Gasteiger partial charge on any atom is -0.446 e. The van der Waals surface area contributed by atoms with E-state index in [-0.39, 0.29) is 23.8 Å². The van der Waals surface area contributed by atoms with Gasteiger partial charge in [0.15, 0.2) is 0 Å². The van der Waals surface area contributed by atoms with E-state index < -0.39 is 0 Å². The van der Waals surface area contributed by atoms with E-state index in [1.165, 1.54) is 6.42 Å². The van der Waals surface area contributed by atoms with Crippen molar-refractivity contribution in [3.63, 3.8) is 0 Å². The maximum Gasteiger partial charge on any atom is 0.410 e. The van der Waals surface area contributed by atoms with Gasteiger partial charge in [-0.1, -0.05) is 80.9 Å². The van der Waals surface area contributed by atoms with Gasteiger partial charge in [0, 0.05) is 12.1 Å². The summed E-state index contributed by atoms with van der Waals surface area (Å²) in [7, 11) is 0. The Morgan fingerprint density at radius 2 is 1.68 bits per heavy atom. The van der Waals surface area contributed by atoms with E-state index in [1.54, 1.807) is 4.90 Å². The van der Waals surface area contributed by atoms with Crippen molar-refractivity contribution in [3.05, 3.63) is 99.2 Å². The molecule has 1 saturated carbocycles. The fraction of sp³-hybridized carbons (Fsp3) is 0.452. The molecule has 1 aromatic heterocycles. The topological polar surface area (TPSA) is 64.4 Å². The molecule has 3 atom stereocenters. The van der Waals surface area contributed by atoms with E-state index in [0.29, 0.717) is 48.4 Å². The number of rotatable bonds is 7. The van der Waals surface area contributed by atoms with Gasteiger partial charge in [-0.15, -0.1) is 0 Å². The van der Waals surface area contributed by atoms with Crippen molar-refractivity contribution in [3.8, 4) is 0 Å².